The van der Waals surface area contributed by atoms with Crippen LogP contribution in [0.1, 0.15) is 12.8 Å². The minimum absolute atomic E-state index is 0.359. The summed E-state index contributed by atoms with van der Waals surface area (Å²) in [7, 11) is 0. The lowest BCUT2D eigenvalue weighted by Crippen LogP contribution is -2.46. The Labute approximate surface area is 152 Å². The monoisotopic (exact) mass is 344 g/mol. The van der Waals surface area contributed by atoms with Crippen molar-refractivity contribution < 1.29 is 0 Å². The van der Waals surface area contributed by atoms with Gasteiger partial charge in [-0.1, -0.05) is 30.3 Å². The quantitative estimate of drug-likeness (QED) is 0.740. The Balaban J connectivity index is 1.46. The largest absolute Gasteiger partial charge is 0.349 e. The Morgan fingerprint density at radius 1 is 1.04 bits per heavy atom. The van der Waals surface area contributed by atoms with Crippen LogP contribution in [0.2, 0.25) is 0 Å². The Hall–Kier alpha value is -3.07. The summed E-state index contributed by atoms with van der Waals surface area (Å²) in [6.07, 6.45) is 6.58. The van der Waals surface area contributed by atoms with Gasteiger partial charge in [-0.2, -0.15) is 10.2 Å². The van der Waals surface area contributed by atoms with Crippen LogP contribution < -0.4 is 5.32 Å². The number of pyridine rings is 1. The number of nitrogens with one attached hydrogen (secondary N) is 1. The van der Waals surface area contributed by atoms with Crippen molar-refractivity contribution in [2.75, 3.05) is 18.4 Å². The Kier molecular flexibility index (Phi) is 3.52. The van der Waals surface area contributed by atoms with E-state index in [-0.39, 0.29) is 0 Å². The molecule has 26 heavy (non-hydrogen) atoms. The predicted molar refractivity (Wildman–Crippen MR) is 99.2 cm³/mol. The summed E-state index contributed by atoms with van der Waals surface area (Å²) in [6.45, 7) is 1.68. The van der Waals surface area contributed by atoms with Gasteiger partial charge >= 0.3 is 0 Å². The molecule has 3 aromatic rings. The van der Waals surface area contributed by atoms with Gasteiger partial charge in [0.1, 0.15) is 0 Å². The summed E-state index contributed by atoms with van der Waals surface area (Å²) >= 11 is 0. The van der Waals surface area contributed by atoms with Gasteiger partial charge in [-0.25, -0.2) is 4.52 Å². The molecular weight excluding hydrogens is 324 g/mol. The number of nitrogens with zero attached hydrogens (tertiary/aromatic N) is 5. The first-order valence-corrected chi connectivity index (χ1v) is 9.14. The van der Waals surface area contributed by atoms with Gasteiger partial charge in [-0.15, -0.1) is 5.10 Å². The van der Waals surface area contributed by atoms with Gasteiger partial charge in [-0.3, -0.25) is 0 Å². The first-order valence-electron chi connectivity index (χ1n) is 9.14. The fourth-order valence-electron chi connectivity index (χ4n) is 4.50. The number of piperidine rings is 1. The third-order valence-electron chi connectivity index (χ3n) is 5.72. The van der Waals surface area contributed by atoms with Crippen LogP contribution in [0, 0.1) is 23.3 Å². The molecule has 0 amide bonds. The van der Waals surface area contributed by atoms with Crippen molar-refractivity contribution in [3.05, 3.63) is 48.7 Å². The van der Waals surface area contributed by atoms with E-state index >= 15 is 0 Å². The standard InChI is InChI=1S/C20H20N6/c21-13-25-11-15-8-9-16(12-25)18(15)22-20-23-19-17(7-4-10-26(19)24-20)14-5-2-1-3-6-14/h1-7,10,15-16,18H,8-9,11-12H2,(H,22,24)/t15-,16+,18-. The number of anilines is 1. The van der Waals surface area contributed by atoms with Crippen molar-refractivity contribution in [2.24, 2.45) is 11.8 Å². The number of fused-ring (bicyclic) bond motifs is 3. The third-order valence-corrected chi connectivity index (χ3v) is 5.72. The molecule has 1 aliphatic heterocycles. The fraction of sp³-hybridized carbons (Fsp3) is 0.350. The molecule has 2 fully saturated rings. The molecule has 5 rings (SSSR count). The number of rotatable bonds is 3. The van der Waals surface area contributed by atoms with Crippen molar-refractivity contribution in [3.8, 4) is 17.3 Å². The van der Waals surface area contributed by atoms with Crippen LogP contribution in [0.4, 0.5) is 5.95 Å². The fourth-order valence-corrected chi connectivity index (χ4v) is 4.50. The maximum atomic E-state index is 9.19. The molecule has 2 aliphatic rings. The minimum atomic E-state index is 0.359. The topological polar surface area (TPSA) is 69.2 Å². The van der Waals surface area contributed by atoms with E-state index in [2.05, 4.69) is 34.8 Å². The normalized spacial score (nSPS) is 24.6. The first kappa shape index (κ1) is 15.2. The van der Waals surface area contributed by atoms with Gasteiger partial charge in [-0.05, 0) is 42.4 Å². The lowest BCUT2D eigenvalue weighted by Gasteiger charge is -2.35. The van der Waals surface area contributed by atoms with E-state index in [0.29, 0.717) is 23.8 Å². The van der Waals surface area contributed by atoms with Gasteiger partial charge < -0.3 is 10.2 Å². The van der Waals surface area contributed by atoms with Crippen molar-refractivity contribution in [1.29, 1.82) is 5.26 Å². The summed E-state index contributed by atoms with van der Waals surface area (Å²) in [4.78, 5) is 6.68. The second-order valence-corrected chi connectivity index (χ2v) is 7.26. The molecule has 0 radical (unpaired) electrons. The highest BCUT2D eigenvalue weighted by Gasteiger charge is 2.42. The lowest BCUT2D eigenvalue weighted by molar-refractivity contribution is 0.217. The van der Waals surface area contributed by atoms with E-state index in [0.717, 1.165) is 29.9 Å². The second kappa shape index (κ2) is 6.03. The molecule has 1 saturated heterocycles. The van der Waals surface area contributed by atoms with Crippen LogP contribution in [0.5, 0.6) is 0 Å². The molecular formula is C20H20N6. The summed E-state index contributed by atoms with van der Waals surface area (Å²) in [5, 5.41) is 17.4. The molecule has 0 spiro atoms. The highest BCUT2D eigenvalue weighted by molar-refractivity contribution is 5.77. The Bertz CT molecular complexity index is 959. The number of benzene rings is 1. The maximum Gasteiger partial charge on any atom is 0.243 e. The number of aromatic nitrogens is 3. The highest BCUT2D eigenvalue weighted by Crippen LogP contribution is 2.38. The summed E-state index contributed by atoms with van der Waals surface area (Å²) in [6, 6.07) is 14.7. The molecule has 3 atom stereocenters. The van der Waals surface area contributed by atoms with Crippen LogP contribution in [0.25, 0.3) is 16.8 Å². The van der Waals surface area contributed by atoms with E-state index in [1.165, 1.54) is 12.8 Å². The van der Waals surface area contributed by atoms with Gasteiger partial charge in [0.25, 0.3) is 0 Å². The molecule has 6 nitrogen and oxygen atoms in total. The lowest BCUT2D eigenvalue weighted by atomic mass is 9.92. The summed E-state index contributed by atoms with van der Waals surface area (Å²) in [5.74, 6) is 1.67. The molecule has 130 valence electrons. The van der Waals surface area contributed by atoms with E-state index in [1.807, 2.05) is 39.9 Å². The molecule has 3 heterocycles. The maximum absolute atomic E-state index is 9.19. The number of hydrogen-bond acceptors (Lipinski definition) is 5. The van der Waals surface area contributed by atoms with Crippen LogP contribution in [-0.2, 0) is 0 Å². The van der Waals surface area contributed by atoms with Gasteiger partial charge in [0, 0.05) is 30.9 Å². The second-order valence-electron chi connectivity index (χ2n) is 7.26. The Morgan fingerprint density at radius 2 is 1.81 bits per heavy atom. The molecule has 6 heteroatoms. The summed E-state index contributed by atoms with van der Waals surface area (Å²) in [5.41, 5.74) is 3.08. The smallest absolute Gasteiger partial charge is 0.243 e. The molecule has 1 N–H and O–H groups in total. The number of likely N-dealkylation sites (tertiary alicyclic amines) is 1. The Morgan fingerprint density at radius 3 is 2.54 bits per heavy atom. The number of hydrogen-bond donors (Lipinski definition) is 1. The highest BCUT2D eigenvalue weighted by atomic mass is 15.4. The van der Waals surface area contributed by atoms with Crippen molar-refractivity contribution in [2.45, 2.75) is 18.9 Å². The van der Waals surface area contributed by atoms with Crippen LogP contribution >= 0.6 is 0 Å². The first-order chi connectivity index (χ1) is 12.8. The minimum Gasteiger partial charge on any atom is -0.349 e. The predicted octanol–water partition coefficient (Wildman–Crippen LogP) is 3.00. The zero-order valence-corrected chi connectivity index (χ0v) is 14.4. The van der Waals surface area contributed by atoms with Crippen molar-refractivity contribution in [3.63, 3.8) is 0 Å². The van der Waals surface area contributed by atoms with E-state index in [9.17, 15) is 5.26 Å². The molecule has 1 aliphatic carbocycles. The van der Waals surface area contributed by atoms with Crippen molar-refractivity contribution in [1.82, 2.24) is 19.5 Å². The van der Waals surface area contributed by atoms with E-state index in [4.69, 9.17) is 4.98 Å². The zero-order chi connectivity index (χ0) is 17.5. The summed E-state index contributed by atoms with van der Waals surface area (Å²) < 4.78 is 1.84. The average molecular weight is 344 g/mol. The van der Waals surface area contributed by atoms with Crippen molar-refractivity contribution >= 4 is 11.6 Å². The molecule has 1 saturated carbocycles. The number of nitriles is 1. The SMILES string of the molecule is N#CN1C[C@H]2CC[C@@H](C1)[C@@H]2Nc1nc2c(-c3ccccc3)cccn2n1. The average Bonchev–Trinajstić information content (AvgIpc) is 3.19. The molecule has 0 unspecified atom stereocenters. The molecule has 2 bridgehead atoms. The molecule has 2 aromatic heterocycles. The van der Waals surface area contributed by atoms with Gasteiger partial charge in [0.2, 0.25) is 5.95 Å². The van der Waals surface area contributed by atoms with Crippen LogP contribution in [0.15, 0.2) is 48.7 Å². The van der Waals surface area contributed by atoms with E-state index < -0.39 is 0 Å². The van der Waals surface area contributed by atoms with Crippen LogP contribution in [-0.4, -0.2) is 38.6 Å². The third kappa shape index (κ3) is 2.48. The van der Waals surface area contributed by atoms with Gasteiger partial charge in [0.05, 0.1) is 0 Å². The van der Waals surface area contributed by atoms with Gasteiger partial charge in [0.15, 0.2) is 11.8 Å². The zero-order valence-electron chi connectivity index (χ0n) is 14.4. The van der Waals surface area contributed by atoms with Crippen LogP contribution in [0.3, 0.4) is 0 Å². The van der Waals surface area contributed by atoms with E-state index in [1.54, 1.807) is 0 Å². The molecule has 1 aromatic carbocycles.